The number of ketones is 1. The number of carbonyl (C=O) groups excluding carboxylic acids is 2. The van der Waals surface area contributed by atoms with Gasteiger partial charge in [0.05, 0.1) is 11.5 Å². The van der Waals surface area contributed by atoms with Crippen molar-refractivity contribution in [1.82, 2.24) is 0 Å². The zero-order valence-corrected chi connectivity index (χ0v) is 11.5. The van der Waals surface area contributed by atoms with E-state index < -0.39 is 0 Å². The van der Waals surface area contributed by atoms with E-state index in [9.17, 15) is 9.59 Å². The van der Waals surface area contributed by atoms with Gasteiger partial charge in [0, 0.05) is 11.1 Å². The van der Waals surface area contributed by atoms with Gasteiger partial charge in [0.1, 0.15) is 5.78 Å². The topological polar surface area (TPSA) is 46.2 Å². The lowest BCUT2D eigenvalue weighted by atomic mass is 10.1. The Labute approximate surface area is 116 Å². The van der Waals surface area contributed by atoms with Crippen LogP contribution in [0.4, 0.5) is 5.69 Å². The summed E-state index contributed by atoms with van der Waals surface area (Å²) in [5.41, 5.74) is 0.812. The van der Waals surface area contributed by atoms with Crippen molar-refractivity contribution >= 4 is 39.9 Å². The second-order valence-electron chi connectivity index (χ2n) is 4.27. The van der Waals surface area contributed by atoms with Gasteiger partial charge in [0.15, 0.2) is 0 Å². The first-order valence-corrected chi connectivity index (χ1v) is 7.17. The van der Waals surface area contributed by atoms with E-state index in [4.69, 9.17) is 0 Å². The van der Waals surface area contributed by atoms with Crippen LogP contribution in [0.1, 0.15) is 6.92 Å². The van der Waals surface area contributed by atoms with E-state index in [0.29, 0.717) is 11.5 Å². The first-order valence-electron chi connectivity index (χ1n) is 6.01. The van der Waals surface area contributed by atoms with Crippen LogP contribution in [0.3, 0.4) is 0 Å². The Hall–Kier alpha value is -1.81. The Bertz CT molecular complexity index is 605. The number of carbonyl (C=O) groups is 2. The summed E-state index contributed by atoms with van der Waals surface area (Å²) in [7, 11) is 0. The summed E-state index contributed by atoms with van der Waals surface area (Å²) in [4.78, 5) is 22.6. The van der Waals surface area contributed by atoms with Gasteiger partial charge in [-0.25, -0.2) is 0 Å². The van der Waals surface area contributed by atoms with Crippen LogP contribution in [0.2, 0.25) is 0 Å². The highest BCUT2D eigenvalue weighted by molar-refractivity contribution is 8.00. The van der Waals surface area contributed by atoms with Gasteiger partial charge < -0.3 is 5.32 Å². The van der Waals surface area contributed by atoms with E-state index in [1.807, 2.05) is 42.5 Å². The van der Waals surface area contributed by atoms with Crippen molar-refractivity contribution in [2.45, 2.75) is 6.92 Å². The number of thioether (sulfide) groups is 1. The van der Waals surface area contributed by atoms with Gasteiger partial charge in [-0.05, 0) is 18.4 Å². The van der Waals surface area contributed by atoms with Crippen molar-refractivity contribution in [3.05, 3.63) is 42.5 Å². The van der Waals surface area contributed by atoms with Crippen molar-refractivity contribution in [3.63, 3.8) is 0 Å². The van der Waals surface area contributed by atoms with Crippen LogP contribution in [-0.4, -0.2) is 23.2 Å². The molecule has 2 aromatic carbocycles. The summed E-state index contributed by atoms with van der Waals surface area (Å²) in [5, 5.41) is 5.00. The molecule has 0 fully saturated rings. The first-order chi connectivity index (χ1) is 9.16. The standard InChI is InChI=1S/C15H15NO2S/c1-11(17)9-19-10-15(18)16-14-8-4-6-12-5-2-3-7-13(12)14/h2-8H,9-10H2,1H3,(H,16,18). The van der Waals surface area contributed by atoms with Crippen LogP contribution in [0.15, 0.2) is 42.5 Å². The molecular formula is C15H15NO2S. The zero-order chi connectivity index (χ0) is 13.7. The number of nitrogens with one attached hydrogen (secondary N) is 1. The number of benzene rings is 2. The van der Waals surface area contributed by atoms with Gasteiger partial charge in [0.2, 0.25) is 5.91 Å². The minimum Gasteiger partial charge on any atom is -0.325 e. The summed E-state index contributed by atoms with van der Waals surface area (Å²) in [5.74, 6) is 0.678. The van der Waals surface area contributed by atoms with Gasteiger partial charge in [-0.2, -0.15) is 0 Å². The minimum absolute atomic E-state index is 0.0809. The second-order valence-corrected chi connectivity index (χ2v) is 5.26. The molecule has 0 heterocycles. The lowest BCUT2D eigenvalue weighted by Crippen LogP contribution is -2.15. The van der Waals surface area contributed by atoms with E-state index in [2.05, 4.69) is 5.32 Å². The molecule has 1 amide bonds. The highest BCUT2D eigenvalue weighted by atomic mass is 32.2. The van der Waals surface area contributed by atoms with Crippen molar-refractivity contribution in [3.8, 4) is 0 Å². The summed E-state index contributed by atoms with van der Waals surface area (Å²) >= 11 is 1.33. The molecule has 0 spiro atoms. The van der Waals surface area contributed by atoms with Crippen LogP contribution < -0.4 is 5.32 Å². The predicted octanol–water partition coefficient (Wildman–Crippen LogP) is 3.10. The monoisotopic (exact) mass is 273 g/mol. The van der Waals surface area contributed by atoms with Gasteiger partial charge in [-0.1, -0.05) is 36.4 Å². The maximum atomic E-state index is 11.8. The molecule has 1 N–H and O–H groups in total. The average Bonchev–Trinajstić information content (AvgIpc) is 2.39. The van der Waals surface area contributed by atoms with Crippen LogP contribution in [0.5, 0.6) is 0 Å². The number of fused-ring (bicyclic) bond motifs is 1. The summed E-state index contributed by atoms with van der Waals surface area (Å²) < 4.78 is 0. The molecule has 0 radical (unpaired) electrons. The summed E-state index contributed by atoms with van der Waals surface area (Å²) in [6, 6.07) is 13.7. The SMILES string of the molecule is CC(=O)CSCC(=O)Nc1cccc2ccccc12. The number of rotatable bonds is 5. The molecule has 0 aliphatic rings. The molecule has 2 aromatic rings. The molecule has 0 atom stereocenters. The van der Waals surface area contributed by atoms with Gasteiger partial charge >= 0.3 is 0 Å². The fourth-order valence-corrected chi connectivity index (χ4v) is 2.46. The van der Waals surface area contributed by atoms with Crippen LogP contribution in [-0.2, 0) is 9.59 Å². The Kier molecular flexibility index (Phi) is 4.58. The number of Topliss-reactive ketones (excluding diaryl/α,β-unsaturated/α-hetero) is 1. The molecule has 19 heavy (non-hydrogen) atoms. The molecule has 3 nitrogen and oxygen atoms in total. The fraction of sp³-hybridized carbons (Fsp3) is 0.200. The number of hydrogen-bond acceptors (Lipinski definition) is 3. The van der Waals surface area contributed by atoms with Gasteiger partial charge in [-0.15, -0.1) is 11.8 Å². The molecule has 0 unspecified atom stereocenters. The van der Waals surface area contributed by atoms with E-state index >= 15 is 0 Å². The van der Waals surface area contributed by atoms with E-state index in [1.54, 1.807) is 0 Å². The zero-order valence-electron chi connectivity index (χ0n) is 10.7. The Balaban J connectivity index is 2.05. The molecule has 2 rings (SSSR count). The van der Waals surface area contributed by atoms with Gasteiger partial charge in [-0.3, -0.25) is 9.59 Å². The lowest BCUT2D eigenvalue weighted by molar-refractivity contribution is -0.114. The molecular weight excluding hydrogens is 258 g/mol. The van der Waals surface area contributed by atoms with Crippen molar-refractivity contribution in [2.75, 3.05) is 16.8 Å². The number of anilines is 1. The smallest absolute Gasteiger partial charge is 0.234 e. The second kappa shape index (κ2) is 6.38. The summed E-state index contributed by atoms with van der Waals surface area (Å²) in [6.45, 7) is 1.52. The Morgan fingerprint density at radius 3 is 2.58 bits per heavy atom. The minimum atomic E-state index is -0.0809. The maximum Gasteiger partial charge on any atom is 0.234 e. The number of hydrogen-bond donors (Lipinski definition) is 1. The normalized spacial score (nSPS) is 10.4. The third-order valence-corrected chi connectivity index (χ3v) is 3.68. The molecule has 0 aromatic heterocycles. The van der Waals surface area contributed by atoms with Crippen molar-refractivity contribution in [2.24, 2.45) is 0 Å². The highest BCUT2D eigenvalue weighted by Gasteiger charge is 2.06. The largest absolute Gasteiger partial charge is 0.325 e. The van der Waals surface area contributed by atoms with Gasteiger partial charge in [0.25, 0.3) is 0 Å². The Morgan fingerprint density at radius 2 is 1.79 bits per heavy atom. The molecule has 0 aliphatic carbocycles. The predicted molar refractivity (Wildman–Crippen MR) is 80.6 cm³/mol. The van der Waals surface area contributed by atoms with Crippen LogP contribution >= 0.6 is 11.8 Å². The Morgan fingerprint density at radius 1 is 1.05 bits per heavy atom. The maximum absolute atomic E-state index is 11.8. The molecule has 0 saturated heterocycles. The lowest BCUT2D eigenvalue weighted by Gasteiger charge is -2.08. The molecule has 0 bridgehead atoms. The highest BCUT2D eigenvalue weighted by Crippen LogP contribution is 2.23. The van der Waals surface area contributed by atoms with Crippen molar-refractivity contribution in [1.29, 1.82) is 0 Å². The average molecular weight is 273 g/mol. The number of amides is 1. The third kappa shape index (κ3) is 3.83. The molecule has 4 heteroatoms. The molecule has 0 aliphatic heterocycles. The fourth-order valence-electron chi connectivity index (χ4n) is 1.81. The van der Waals surface area contributed by atoms with Crippen molar-refractivity contribution < 1.29 is 9.59 Å². The third-order valence-electron chi connectivity index (χ3n) is 2.60. The van der Waals surface area contributed by atoms with Crippen LogP contribution in [0.25, 0.3) is 10.8 Å². The van der Waals surface area contributed by atoms with E-state index in [0.717, 1.165) is 16.5 Å². The summed E-state index contributed by atoms with van der Waals surface area (Å²) in [6.07, 6.45) is 0. The van der Waals surface area contributed by atoms with E-state index in [-0.39, 0.29) is 11.7 Å². The molecule has 98 valence electrons. The quantitative estimate of drug-likeness (QED) is 0.910. The van der Waals surface area contributed by atoms with Crippen LogP contribution in [0, 0.1) is 0 Å². The molecule has 0 saturated carbocycles. The first kappa shape index (κ1) is 13.6. The van der Waals surface area contributed by atoms with E-state index in [1.165, 1.54) is 18.7 Å².